The number of para-hydroxylation sites is 1. The van der Waals surface area contributed by atoms with Gasteiger partial charge in [-0.2, -0.15) is 0 Å². The lowest BCUT2D eigenvalue weighted by molar-refractivity contribution is 0.00828. The van der Waals surface area contributed by atoms with E-state index in [1.807, 2.05) is 0 Å². The molecular formula is C10H14ClNO2. The summed E-state index contributed by atoms with van der Waals surface area (Å²) in [4.78, 5) is 0. The van der Waals surface area contributed by atoms with Crippen LogP contribution in [0.3, 0.4) is 0 Å². The van der Waals surface area contributed by atoms with Gasteiger partial charge in [0.15, 0.2) is 0 Å². The van der Waals surface area contributed by atoms with Gasteiger partial charge in [0, 0.05) is 19.2 Å². The maximum absolute atomic E-state index is 9.73. The summed E-state index contributed by atoms with van der Waals surface area (Å²) in [5.74, 6) is 0.0315. The molecular weight excluding hydrogens is 202 g/mol. The number of aromatic hydroxyl groups is 1. The van der Waals surface area contributed by atoms with Crippen molar-refractivity contribution in [2.45, 2.75) is 12.5 Å². The fourth-order valence-electron chi connectivity index (χ4n) is 1.25. The Hall–Kier alpha value is -0.770. The fourth-order valence-corrected chi connectivity index (χ4v) is 1.42. The third-order valence-electron chi connectivity index (χ3n) is 2.40. The fraction of sp³-hybridized carbons (Fsp3) is 0.400. The highest BCUT2D eigenvalue weighted by atomic mass is 35.5. The Morgan fingerprint density at radius 3 is 2.71 bits per heavy atom. The van der Waals surface area contributed by atoms with Crippen molar-refractivity contribution in [1.82, 2.24) is 0 Å². The Kier molecular flexibility index (Phi) is 3.37. The molecule has 3 N–H and O–H groups in total. The lowest BCUT2D eigenvalue weighted by Crippen LogP contribution is -2.33. The average molecular weight is 216 g/mol. The normalized spacial score (nSPS) is 15.1. The van der Waals surface area contributed by atoms with Gasteiger partial charge in [0.2, 0.25) is 0 Å². The van der Waals surface area contributed by atoms with Crippen LogP contribution >= 0.6 is 11.6 Å². The zero-order valence-corrected chi connectivity index (χ0v) is 9.01. The maximum Gasteiger partial charge on any atom is 0.140 e. The summed E-state index contributed by atoms with van der Waals surface area (Å²) < 4.78 is 5.27. The molecule has 4 heteroatoms. The summed E-state index contributed by atoms with van der Waals surface area (Å²) in [5.41, 5.74) is 5.50. The van der Waals surface area contributed by atoms with Crippen LogP contribution in [-0.4, -0.2) is 18.8 Å². The molecule has 0 fully saturated rings. The van der Waals surface area contributed by atoms with Gasteiger partial charge < -0.3 is 15.6 Å². The number of methoxy groups -OCH3 is 1. The number of rotatable bonds is 3. The van der Waals surface area contributed by atoms with E-state index in [0.717, 1.165) is 0 Å². The Morgan fingerprint density at radius 1 is 1.57 bits per heavy atom. The van der Waals surface area contributed by atoms with E-state index < -0.39 is 5.60 Å². The molecule has 0 aromatic heterocycles. The van der Waals surface area contributed by atoms with Gasteiger partial charge in [-0.05, 0) is 13.0 Å². The molecule has 0 amide bonds. The zero-order valence-electron chi connectivity index (χ0n) is 8.25. The van der Waals surface area contributed by atoms with Crippen molar-refractivity contribution in [1.29, 1.82) is 0 Å². The molecule has 0 heterocycles. The highest BCUT2D eigenvalue weighted by Crippen LogP contribution is 2.35. The first-order valence-corrected chi connectivity index (χ1v) is 4.66. The number of nitrogens with two attached hydrogens (primary N) is 1. The van der Waals surface area contributed by atoms with Crippen LogP contribution in [-0.2, 0) is 10.3 Å². The molecule has 78 valence electrons. The van der Waals surface area contributed by atoms with E-state index in [-0.39, 0.29) is 12.3 Å². The summed E-state index contributed by atoms with van der Waals surface area (Å²) in [6, 6.07) is 5.12. The van der Waals surface area contributed by atoms with Gasteiger partial charge in [-0.1, -0.05) is 23.7 Å². The zero-order chi connectivity index (χ0) is 10.8. The second-order valence-corrected chi connectivity index (χ2v) is 3.68. The van der Waals surface area contributed by atoms with Crippen molar-refractivity contribution in [3.05, 3.63) is 28.8 Å². The molecule has 0 aliphatic rings. The molecule has 1 rings (SSSR count). The number of phenols is 1. The molecule has 3 nitrogen and oxygen atoms in total. The molecule has 1 aromatic carbocycles. The Labute approximate surface area is 88.4 Å². The average Bonchev–Trinajstić information content (AvgIpc) is 2.21. The van der Waals surface area contributed by atoms with Gasteiger partial charge in [0.25, 0.3) is 0 Å². The quantitative estimate of drug-likeness (QED) is 0.810. The molecule has 1 aromatic rings. The summed E-state index contributed by atoms with van der Waals surface area (Å²) in [5, 5.41) is 10.0. The maximum atomic E-state index is 9.73. The van der Waals surface area contributed by atoms with Gasteiger partial charge in [0.05, 0.1) is 5.02 Å². The van der Waals surface area contributed by atoms with Crippen molar-refractivity contribution < 1.29 is 9.84 Å². The summed E-state index contributed by atoms with van der Waals surface area (Å²) in [6.45, 7) is 2.08. The summed E-state index contributed by atoms with van der Waals surface area (Å²) in [6.07, 6.45) is 0. The van der Waals surface area contributed by atoms with Crippen LogP contribution in [0.1, 0.15) is 12.5 Å². The first kappa shape index (κ1) is 11.3. The van der Waals surface area contributed by atoms with Crippen molar-refractivity contribution in [2.75, 3.05) is 13.7 Å². The minimum atomic E-state index is -0.699. The van der Waals surface area contributed by atoms with E-state index in [9.17, 15) is 5.11 Å². The smallest absolute Gasteiger partial charge is 0.140 e. The number of halogens is 1. The second-order valence-electron chi connectivity index (χ2n) is 3.28. The topological polar surface area (TPSA) is 55.5 Å². The molecule has 0 radical (unpaired) electrons. The van der Waals surface area contributed by atoms with Crippen molar-refractivity contribution >= 4 is 11.6 Å². The van der Waals surface area contributed by atoms with Gasteiger partial charge in [-0.25, -0.2) is 0 Å². The van der Waals surface area contributed by atoms with Gasteiger partial charge >= 0.3 is 0 Å². The van der Waals surface area contributed by atoms with Gasteiger partial charge in [-0.3, -0.25) is 0 Å². The predicted molar refractivity (Wildman–Crippen MR) is 56.5 cm³/mol. The number of benzene rings is 1. The van der Waals surface area contributed by atoms with Crippen LogP contribution in [0.15, 0.2) is 18.2 Å². The van der Waals surface area contributed by atoms with Crippen molar-refractivity contribution in [2.24, 2.45) is 5.73 Å². The SMILES string of the molecule is COC(C)(CN)c1cccc(Cl)c1O. The van der Waals surface area contributed by atoms with E-state index in [4.69, 9.17) is 22.1 Å². The Bertz CT molecular complexity index is 324. The first-order chi connectivity index (χ1) is 6.55. The monoisotopic (exact) mass is 215 g/mol. The van der Waals surface area contributed by atoms with Crippen LogP contribution < -0.4 is 5.73 Å². The third-order valence-corrected chi connectivity index (χ3v) is 2.70. The lowest BCUT2D eigenvalue weighted by Gasteiger charge is -2.27. The lowest BCUT2D eigenvalue weighted by atomic mass is 9.95. The largest absolute Gasteiger partial charge is 0.506 e. The van der Waals surface area contributed by atoms with Crippen LogP contribution in [0, 0.1) is 0 Å². The summed E-state index contributed by atoms with van der Waals surface area (Å²) in [7, 11) is 1.55. The number of phenolic OH excluding ortho intramolecular Hbond substituents is 1. The molecule has 14 heavy (non-hydrogen) atoms. The minimum Gasteiger partial charge on any atom is -0.506 e. The minimum absolute atomic E-state index is 0.0315. The van der Waals surface area contributed by atoms with Gasteiger partial charge in [0.1, 0.15) is 11.4 Å². The van der Waals surface area contributed by atoms with E-state index in [2.05, 4.69) is 0 Å². The second kappa shape index (κ2) is 4.17. The van der Waals surface area contributed by atoms with Crippen LogP contribution in [0.2, 0.25) is 5.02 Å². The molecule has 0 saturated heterocycles. The molecule has 0 spiro atoms. The van der Waals surface area contributed by atoms with Crippen molar-refractivity contribution in [3.8, 4) is 5.75 Å². The standard InChI is InChI=1S/C10H14ClNO2/c1-10(6-12,14-2)7-4-3-5-8(11)9(7)13/h3-5,13H,6,12H2,1-2H3. The van der Waals surface area contributed by atoms with Crippen LogP contribution in [0.5, 0.6) is 5.75 Å². The molecule has 1 unspecified atom stereocenters. The van der Waals surface area contributed by atoms with E-state index in [1.165, 1.54) is 0 Å². The highest BCUT2D eigenvalue weighted by Gasteiger charge is 2.28. The Morgan fingerprint density at radius 2 is 2.21 bits per heavy atom. The predicted octanol–water partition coefficient (Wildman–Crippen LogP) is 1.87. The molecule has 0 bridgehead atoms. The van der Waals surface area contributed by atoms with Crippen molar-refractivity contribution in [3.63, 3.8) is 0 Å². The Balaban J connectivity index is 3.24. The van der Waals surface area contributed by atoms with Gasteiger partial charge in [-0.15, -0.1) is 0 Å². The number of hydrogen-bond acceptors (Lipinski definition) is 3. The van der Waals surface area contributed by atoms with Crippen LogP contribution in [0.25, 0.3) is 0 Å². The first-order valence-electron chi connectivity index (χ1n) is 4.28. The molecule has 0 aliphatic carbocycles. The van der Waals surface area contributed by atoms with E-state index in [1.54, 1.807) is 32.2 Å². The molecule has 1 atom stereocenters. The summed E-state index contributed by atoms with van der Waals surface area (Å²) >= 11 is 5.79. The molecule has 0 aliphatic heterocycles. The highest BCUT2D eigenvalue weighted by molar-refractivity contribution is 6.32. The van der Waals surface area contributed by atoms with E-state index >= 15 is 0 Å². The van der Waals surface area contributed by atoms with Crippen LogP contribution in [0.4, 0.5) is 0 Å². The number of hydrogen-bond donors (Lipinski definition) is 2. The van der Waals surface area contributed by atoms with E-state index in [0.29, 0.717) is 10.6 Å². The number of ether oxygens (including phenoxy) is 1. The third kappa shape index (κ3) is 1.85. The molecule has 0 saturated carbocycles.